The number of benzene rings is 1. The van der Waals surface area contributed by atoms with Crippen LogP contribution in [0.1, 0.15) is 41.6 Å². The Labute approximate surface area is 114 Å². The molecule has 102 valence electrons. The van der Waals surface area contributed by atoms with Gasteiger partial charge in [0.25, 0.3) is 5.91 Å². The van der Waals surface area contributed by atoms with E-state index in [2.05, 4.69) is 4.90 Å². The molecular formula is C16H21NO2. The van der Waals surface area contributed by atoms with E-state index in [1.165, 1.54) is 0 Å². The Kier molecular flexibility index (Phi) is 3.31. The average Bonchev–Trinajstić information content (AvgIpc) is 2.68. The van der Waals surface area contributed by atoms with E-state index < -0.39 is 0 Å². The number of carbonyl (C=O) groups excluding carboxylic acids is 1. The first-order chi connectivity index (χ1) is 9.19. The van der Waals surface area contributed by atoms with Gasteiger partial charge in [-0.05, 0) is 44.7 Å². The van der Waals surface area contributed by atoms with Gasteiger partial charge in [0.05, 0.1) is 6.10 Å². The lowest BCUT2D eigenvalue weighted by Crippen LogP contribution is -2.48. The summed E-state index contributed by atoms with van der Waals surface area (Å²) >= 11 is 0. The second-order valence-electron chi connectivity index (χ2n) is 5.80. The van der Waals surface area contributed by atoms with E-state index in [1.54, 1.807) is 7.11 Å². The molecule has 19 heavy (non-hydrogen) atoms. The Morgan fingerprint density at radius 3 is 2.53 bits per heavy atom. The van der Waals surface area contributed by atoms with Crippen molar-refractivity contribution in [1.82, 2.24) is 4.90 Å². The molecule has 2 aliphatic heterocycles. The lowest BCUT2D eigenvalue weighted by molar-refractivity contribution is 0.00822. The minimum absolute atomic E-state index is 0.200. The van der Waals surface area contributed by atoms with Crippen LogP contribution in [-0.2, 0) is 4.74 Å². The highest BCUT2D eigenvalue weighted by Crippen LogP contribution is 2.37. The molecule has 2 unspecified atom stereocenters. The molecule has 2 heterocycles. The van der Waals surface area contributed by atoms with Crippen LogP contribution in [0.2, 0.25) is 0 Å². The molecule has 3 rings (SSSR count). The number of nitrogens with zero attached hydrogens (tertiary/aromatic N) is 1. The first-order valence-electron chi connectivity index (χ1n) is 7.11. The van der Waals surface area contributed by atoms with Crippen LogP contribution in [0.3, 0.4) is 0 Å². The number of hydrogen-bond donors (Lipinski definition) is 0. The van der Waals surface area contributed by atoms with Crippen molar-refractivity contribution >= 4 is 5.91 Å². The molecule has 3 heteroatoms. The third-order valence-electron chi connectivity index (χ3n) is 4.52. The quantitative estimate of drug-likeness (QED) is 0.817. The predicted molar refractivity (Wildman–Crippen MR) is 74.2 cm³/mol. The standard InChI is InChI=1S/C16H21NO2/c1-11-4-3-5-12(8-11)16(18)17-13-6-7-14(17)10-15(9-13)19-2/h3-5,8,13-15H,6-7,9-10H2,1-2H3. The fourth-order valence-corrected chi connectivity index (χ4v) is 3.58. The SMILES string of the molecule is COC1CC2CCC(C1)N2C(=O)c1cccc(C)c1. The zero-order valence-corrected chi connectivity index (χ0v) is 11.6. The Bertz CT molecular complexity index is 471. The van der Waals surface area contributed by atoms with Gasteiger partial charge >= 0.3 is 0 Å². The predicted octanol–water partition coefficient (Wildman–Crippen LogP) is 2.78. The van der Waals surface area contributed by atoms with E-state index in [4.69, 9.17) is 4.74 Å². The molecule has 0 aliphatic carbocycles. The highest BCUT2D eigenvalue weighted by atomic mass is 16.5. The van der Waals surface area contributed by atoms with Crippen LogP contribution in [0.15, 0.2) is 24.3 Å². The van der Waals surface area contributed by atoms with E-state index in [9.17, 15) is 4.79 Å². The summed E-state index contributed by atoms with van der Waals surface area (Å²) in [5.74, 6) is 0.200. The van der Waals surface area contributed by atoms with Crippen LogP contribution in [0, 0.1) is 6.92 Å². The topological polar surface area (TPSA) is 29.5 Å². The monoisotopic (exact) mass is 259 g/mol. The number of amides is 1. The van der Waals surface area contributed by atoms with Crippen LogP contribution >= 0.6 is 0 Å². The third-order valence-corrected chi connectivity index (χ3v) is 4.52. The van der Waals surface area contributed by atoms with Gasteiger partial charge in [0.1, 0.15) is 0 Å². The fraction of sp³-hybridized carbons (Fsp3) is 0.562. The van der Waals surface area contributed by atoms with E-state index >= 15 is 0 Å². The second kappa shape index (κ2) is 4.97. The maximum Gasteiger partial charge on any atom is 0.254 e. The molecule has 2 atom stereocenters. The Hall–Kier alpha value is -1.35. The summed E-state index contributed by atoms with van der Waals surface area (Å²) in [5.41, 5.74) is 1.97. The van der Waals surface area contributed by atoms with Crippen molar-refractivity contribution in [2.75, 3.05) is 7.11 Å². The number of carbonyl (C=O) groups is 1. The van der Waals surface area contributed by atoms with E-state index in [1.807, 2.05) is 31.2 Å². The number of fused-ring (bicyclic) bond motifs is 2. The number of ether oxygens (including phenoxy) is 1. The number of methoxy groups -OCH3 is 1. The van der Waals surface area contributed by atoms with Gasteiger partial charge in [0, 0.05) is 24.8 Å². The number of aryl methyl sites for hydroxylation is 1. The molecule has 1 amide bonds. The summed E-state index contributed by atoms with van der Waals surface area (Å²) in [6.45, 7) is 2.03. The smallest absolute Gasteiger partial charge is 0.254 e. The van der Waals surface area contributed by atoms with Gasteiger partial charge in [-0.15, -0.1) is 0 Å². The molecular weight excluding hydrogens is 238 g/mol. The van der Waals surface area contributed by atoms with Crippen molar-refractivity contribution in [2.45, 2.75) is 50.8 Å². The molecule has 2 aliphatic rings. The minimum Gasteiger partial charge on any atom is -0.381 e. The summed E-state index contributed by atoms with van der Waals surface area (Å²) in [7, 11) is 1.78. The molecule has 1 aromatic rings. The van der Waals surface area contributed by atoms with Crippen LogP contribution in [0.5, 0.6) is 0 Å². The molecule has 0 saturated carbocycles. The number of piperidine rings is 1. The normalized spacial score (nSPS) is 29.6. The first kappa shape index (κ1) is 12.7. The van der Waals surface area contributed by atoms with Crippen molar-refractivity contribution < 1.29 is 9.53 Å². The largest absolute Gasteiger partial charge is 0.381 e. The third kappa shape index (κ3) is 2.27. The van der Waals surface area contributed by atoms with E-state index in [0.717, 1.165) is 36.8 Å². The van der Waals surface area contributed by atoms with Crippen LogP contribution in [0.25, 0.3) is 0 Å². The van der Waals surface area contributed by atoms with Gasteiger partial charge in [-0.1, -0.05) is 17.7 Å². The van der Waals surface area contributed by atoms with Gasteiger partial charge in [0.15, 0.2) is 0 Å². The molecule has 0 radical (unpaired) electrons. The van der Waals surface area contributed by atoms with Gasteiger partial charge in [-0.2, -0.15) is 0 Å². The second-order valence-corrected chi connectivity index (χ2v) is 5.80. The Morgan fingerprint density at radius 2 is 1.95 bits per heavy atom. The highest BCUT2D eigenvalue weighted by molar-refractivity contribution is 5.95. The molecule has 0 spiro atoms. The Balaban J connectivity index is 1.82. The van der Waals surface area contributed by atoms with Crippen molar-refractivity contribution in [1.29, 1.82) is 0 Å². The molecule has 3 nitrogen and oxygen atoms in total. The van der Waals surface area contributed by atoms with E-state index in [0.29, 0.717) is 18.2 Å². The summed E-state index contributed by atoms with van der Waals surface area (Å²) in [5, 5.41) is 0. The molecule has 2 saturated heterocycles. The number of rotatable bonds is 2. The van der Waals surface area contributed by atoms with Crippen molar-refractivity contribution in [3.05, 3.63) is 35.4 Å². The maximum atomic E-state index is 12.7. The zero-order valence-electron chi connectivity index (χ0n) is 11.6. The Morgan fingerprint density at radius 1 is 1.26 bits per heavy atom. The van der Waals surface area contributed by atoms with Gasteiger partial charge in [-0.3, -0.25) is 4.79 Å². The van der Waals surface area contributed by atoms with Crippen LogP contribution in [-0.4, -0.2) is 36.1 Å². The maximum absolute atomic E-state index is 12.7. The van der Waals surface area contributed by atoms with Crippen LogP contribution < -0.4 is 0 Å². The number of hydrogen-bond acceptors (Lipinski definition) is 2. The van der Waals surface area contributed by atoms with Crippen molar-refractivity contribution in [2.24, 2.45) is 0 Å². The lowest BCUT2D eigenvalue weighted by atomic mass is 9.98. The molecule has 2 fully saturated rings. The fourth-order valence-electron chi connectivity index (χ4n) is 3.58. The molecule has 0 aromatic heterocycles. The molecule has 1 aromatic carbocycles. The van der Waals surface area contributed by atoms with Crippen LogP contribution in [0.4, 0.5) is 0 Å². The summed E-state index contributed by atoms with van der Waals surface area (Å²) in [6, 6.07) is 8.66. The average molecular weight is 259 g/mol. The first-order valence-corrected chi connectivity index (χ1v) is 7.11. The van der Waals surface area contributed by atoms with Gasteiger partial charge in [0.2, 0.25) is 0 Å². The zero-order chi connectivity index (χ0) is 13.4. The van der Waals surface area contributed by atoms with Crippen molar-refractivity contribution in [3.63, 3.8) is 0 Å². The molecule has 2 bridgehead atoms. The van der Waals surface area contributed by atoms with Crippen molar-refractivity contribution in [3.8, 4) is 0 Å². The van der Waals surface area contributed by atoms with E-state index in [-0.39, 0.29) is 5.91 Å². The summed E-state index contributed by atoms with van der Waals surface area (Å²) < 4.78 is 5.49. The minimum atomic E-state index is 0.200. The molecule has 0 N–H and O–H groups in total. The van der Waals surface area contributed by atoms with Gasteiger partial charge < -0.3 is 9.64 Å². The summed E-state index contributed by atoms with van der Waals surface area (Å²) in [6.07, 6.45) is 4.57. The lowest BCUT2D eigenvalue weighted by Gasteiger charge is -2.38. The highest BCUT2D eigenvalue weighted by Gasteiger charge is 2.43. The van der Waals surface area contributed by atoms with Gasteiger partial charge in [-0.25, -0.2) is 0 Å². The summed E-state index contributed by atoms with van der Waals surface area (Å²) in [4.78, 5) is 14.8.